The van der Waals surface area contributed by atoms with Crippen molar-refractivity contribution >= 4 is 22.8 Å². The predicted octanol–water partition coefficient (Wildman–Crippen LogP) is 4.53. The molecular formula is C31H30F2N6O4. The molecule has 12 heteroatoms. The standard InChI is InChI=1S/C31H30F2N6O4/c1-19(29-35-26-6-4-21(31(40)41)15-27(26)39(29)17-23-8-13-42-23)37-9-11-38(12-10-37)30-24(32)5-7-28(36-30)43-18-22-3-2-20(16-34)14-25(22)33/h2-7,14-15,19,23H,8-13,17-18H2,1H3,(H,40,41)/t19-,23?/m0/s1. The molecule has 43 heavy (non-hydrogen) atoms. The van der Waals surface area contributed by atoms with Gasteiger partial charge in [-0.15, -0.1) is 0 Å². The van der Waals surface area contributed by atoms with E-state index in [-0.39, 0.29) is 47.1 Å². The number of aromatic carboxylic acids is 1. The Morgan fingerprint density at radius 1 is 1.12 bits per heavy atom. The lowest BCUT2D eigenvalue weighted by molar-refractivity contribution is -0.0594. The minimum absolute atomic E-state index is 0.0608. The smallest absolute Gasteiger partial charge is 0.335 e. The molecule has 2 aliphatic heterocycles. The largest absolute Gasteiger partial charge is 0.478 e. The first kappa shape index (κ1) is 28.5. The van der Waals surface area contributed by atoms with Crippen LogP contribution in [-0.4, -0.2) is 69.4 Å². The average Bonchev–Trinajstić information content (AvgIpc) is 3.36. The van der Waals surface area contributed by atoms with Crippen LogP contribution in [0.2, 0.25) is 0 Å². The van der Waals surface area contributed by atoms with Gasteiger partial charge in [0.2, 0.25) is 5.88 Å². The molecule has 1 N–H and O–H groups in total. The first-order chi connectivity index (χ1) is 20.8. The molecule has 0 saturated carbocycles. The van der Waals surface area contributed by atoms with Gasteiger partial charge in [0.25, 0.3) is 0 Å². The van der Waals surface area contributed by atoms with Crippen LogP contribution >= 0.6 is 0 Å². The number of fused-ring (bicyclic) bond motifs is 1. The van der Waals surface area contributed by atoms with Crippen LogP contribution in [0.4, 0.5) is 14.6 Å². The Labute approximate surface area is 246 Å². The molecule has 222 valence electrons. The van der Waals surface area contributed by atoms with Crippen molar-refractivity contribution in [1.29, 1.82) is 5.26 Å². The van der Waals surface area contributed by atoms with Crippen LogP contribution in [0, 0.1) is 23.0 Å². The Morgan fingerprint density at radius 3 is 2.58 bits per heavy atom. The van der Waals surface area contributed by atoms with Crippen molar-refractivity contribution in [3.63, 3.8) is 0 Å². The molecule has 2 aromatic carbocycles. The van der Waals surface area contributed by atoms with Crippen molar-refractivity contribution in [2.45, 2.75) is 38.6 Å². The SMILES string of the molecule is C[C@@H](c1nc2ccc(C(=O)O)cc2n1CC1CCO1)N1CCN(c2nc(OCc3ccc(C#N)cc3F)ccc2F)CC1. The number of pyridine rings is 1. The van der Waals surface area contributed by atoms with Gasteiger partial charge in [0, 0.05) is 44.4 Å². The van der Waals surface area contributed by atoms with Crippen molar-refractivity contribution in [2.24, 2.45) is 0 Å². The van der Waals surface area contributed by atoms with Gasteiger partial charge in [-0.3, -0.25) is 4.90 Å². The zero-order valence-corrected chi connectivity index (χ0v) is 23.5. The van der Waals surface area contributed by atoms with Crippen LogP contribution in [0.5, 0.6) is 5.88 Å². The van der Waals surface area contributed by atoms with E-state index in [0.717, 1.165) is 29.3 Å². The molecule has 4 heterocycles. The number of ether oxygens (including phenoxy) is 2. The van der Waals surface area contributed by atoms with E-state index in [4.69, 9.17) is 19.7 Å². The van der Waals surface area contributed by atoms with Crippen LogP contribution in [0.25, 0.3) is 11.0 Å². The van der Waals surface area contributed by atoms with E-state index in [1.807, 2.05) is 11.0 Å². The van der Waals surface area contributed by atoms with Gasteiger partial charge in [-0.25, -0.2) is 18.6 Å². The highest BCUT2D eigenvalue weighted by molar-refractivity contribution is 5.92. The van der Waals surface area contributed by atoms with E-state index >= 15 is 0 Å². The number of nitrogens with zero attached hydrogens (tertiary/aromatic N) is 6. The van der Waals surface area contributed by atoms with Gasteiger partial charge in [-0.2, -0.15) is 10.2 Å². The number of imidazole rings is 1. The summed E-state index contributed by atoms with van der Waals surface area (Å²) in [6.45, 7) is 5.53. The topological polar surface area (TPSA) is 117 Å². The Hall–Kier alpha value is -4.60. The Balaban J connectivity index is 1.15. The number of carbonyl (C=O) groups is 1. The lowest BCUT2D eigenvalue weighted by Gasteiger charge is -2.38. The minimum atomic E-state index is -0.989. The average molecular weight is 589 g/mol. The molecule has 0 bridgehead atoms. The van der Waals surface area contributed by atoms with Crippen molar-refractivity contribution in [1.82, 2.24) is 19.4 Å². The molecule has 2 fully saturated rings. The van der Waals surface area contributed by atoms with Crippen molar-refractivity contribution in [3.05, 3.63) is 82.7 Å². The fraction of sp³-hybridized carbons (Fsp3) is 0.355. The fourth-order valence-electron chi connectivity index (χ4n) is 5.50. The molecule has 0 spiro atoms. The lowest BCUT2D eigenvalue weighted by Crippen LogP contribution is -2.48. The van der Waals surface area contributed by atoms with Crippen molar-refractivity contribution < 1.29 is 28.2 Å². The van der Waals surface area contributed by atoms with Crippen LogP contribution in [0.1, 0.15) is 46.7 Å². The molecular weight excluding hydrogens is 558 g/mol. The molecule has 2 atom stereocenters. The van der Waals surface area contributed by atoms with E-state index < -0.39 is 17.6 Å². The number of rotatable bonds is 9. The van der Waals surface area contributed by atoms with Crippen molar-refractivity contribution in [3.8, 4) is 11.9 Å². The maximum Gasteiger partial charge on any atom is 0.335 e. The second-order valence-corrected chi connectivity index (χ2v) is 10.7. The third-order valence-electron chi connectivity index (χ3n) is 8.10. The summed E-state index contributed by atoms with van der Waals surface area (Å²) in [5, 5.41) is 18.5. The quantitative estimate of drug-likeness (QED) is 0.301. The van der Waals surface area contributed by atoms with Gasteiger partial charge in [-0.05, 0) is 49.7 Å². The predicted molar refractivity (Wildman–Crippen MR) is 153 cm³/mol. The lowest BCUT2D eigenvalue weighted by atomic mass is 10.1. The third kappa shape index (κ3) is 5.86. The van der Waals surface area contributed by atoms with E-state index in [1.54, 1.807) is 18.2 Å². The number of piperazine rings is 1. The number of nitriles is 1. The van der Waals surface area contributed by atoms with Crippen molar-refractivity contribution in [2.75, 3.05) is 37.7 Å². The Bertz CT molecular complexity index is 1710. The van der Waals surface area contributed by atoms with Crippen LogP contribution in [-0.2, 0) is 17.9 Å². The van der Waals surface area contributed by atoms with Crippen LogP contribution < -0.4 is 9.64 Å². The number of hydrogen-bond acceptors (Lipinski definition) is 8. The van der Waals surface area contributed by atoms with E-state index in [0.29, 0.717) is 39.3 Å². The summed E-state index contributed by atoms with van der Waals surface area (Å²) in [7, 11) is 0. The molecule has 0 radical (unpaired) electrons. The van der Waals surface area contributed by atoms with Gasteiger partial charge < -0.3 is 24.0 Å². The number of carboxylic acid groups (broad SMARTS) is 1. The molecule has 10 nitrogen and oxygen atoms in total. The zero-order chi connectivity index (χ0) is 30.1. The summed E-state index contributed by atoms with van der Waals surface area (Å²) in [4.78, 5) is 25.0. The molecule has 2 saturated heterocycles. The second-order valence-electron chi connectivity index (χ2n) is 10.7. The molecule has 2 aliphatic rings. The highest BCUT2D eigenvalue weighted by Gasteiger charge is 2.30. The van der Waals surface area contributed by atoms with E-state index in [1.165, 1.54) is 24.3 Å². The molecule has 1 unspecified atom stereocenters. The molecule has 0 aliphatic carbocycles. The zero-order valence-electron chi connectivity index (χ0n) is 23.5. The molecule has 4 aromatic rings. The minimum Gasteiger partial charge on any atom is -0.478 e. The highest BCUT2D eigenvalue weighted by Crippen LogP contribution is 2.30. The maximum absolute atomic E-state index is 14.9. The summed E-state index contributed by atoms with van der Waals surface area (Å²) in [5.41, 5.74) is 2.18. The summed E-state index contributed by atoms with van der Waals surface area (Å²) in [6.07, 6.45) is 1.000. The van der Waals surface area contributed by atoms with E-state index in [2.05, 4.69) is 21.4 Å². The van der Waals surface area contributed by atoms with Gasteiger partial charge in [0.1, 0.15) is 18.2 Å². The number of aromatic nitrogens is 3. The number of benzene rings is 2. The number of halogens is 2. The fourth-order valence-corrected chi connectivity index (χ4v) is 5.50. The normalized spacial score (nSPS) is 17.8. The summed E-state index contributed by atoms with van der Waals surface area (Å²) >= 11 is 0. The van der Waals surface area contributed by atoms with Crippen LogP contribution in [0.15, 0.2) is 48.5 Å². The van der Waals surface area contributed by atoms with Crippen LogP contribution in [0.3, 0.4) is 0 Å². The first-order valence-corrected chi connectivity index (χ1v) is 14.1. The summed E-state index contributed by atoms with van der Waals surface area (Å²) in [5.74, 6) is -0.852. The molecule has 6 rings (SSSR count). The number of anilines is 1. The van der Waals surface area contributed by atoms with Gasteiger partial charge in [0.15, 0.2) is 11.6 Å². The number of carboxylic acids is 1. The third-order valence-corrected chi connectivity index (χ3v) is 8.10. The monoisotopic (exact) mass is 588 g/mol. The van der Waals surface area contributed by atoms with Gasteiger partial charge in [-0.1, -0.05) is 6.07 Å². The first-order valence-electron chi connectivity index (χ1n) is 14.1. The number of hydrogen-bond donors (Lipinski definition) is 1. The highest BCUT2D eigenvalue weighted by atomic mass is 19.1. The van der Waals surface area contributed by atoms with E-state index in [9.17, 15) is 18.7 Å². The molecule has 2 aromatic heterocycles. The summed E-state index contributed by atoms with van der Waals surface area (Å²) in [6, 6.07) is 13.6. The second kappa shape index (κ2) is 11.9. The Kier molecular flexibility index (Phi) is 7.92. The molecule has 0 amide bonds. The van der Waals surface area contributed by atoms with Gasteiger partial charge in [0.05, 0.1) is 46.9 Å². The Morgan fingerprint density at radius 2 is 1.91 bits per heavy atom. The maximum atomic E-state index is 14.9. The summed E-state index contributed by atoms with van der Waals surface area (Å²) < 4.78 is 42.6. The van der Waals surface area contributed by atoms with Gasteiger partial charge >= 0.3 is 5.97 Å².